The minimum absolute atomic E-state index is 0.169. The van der Waals surface area contributed by atoms with Crippen LogP contribution in [0.25, 0.3) is 0 Å². The molecule has 2 aromatic rings. The minimum Gasteiger partial charge on any atom is -0.325 e. The van der Waals surface area contributed by atoms with E-state index in [4.69, 9.17) is 0 Å². The van der Waals surface area contributed by atoms with Crippen LogP contribution in [0.5, 0.6) is 0 Å². The Morgan fingerprint density at radius 1 is 1.48 bits per heavy atom. The maximum Gasteiger partial charge on any atom is 0.306 e. The molecule has 0 unspecified atom stereocenters. The van der Waals surface area contributed by atoms with Gasteiger partial charge >= 0.3 is 5.69 Å². The number of thioether (sulfide) groups is 1. The first-order valence-electron chi connectivity index (χ1n) is 7.67. The van der Waals surface area contributed by atoms with Crippen molar-refractivity contribution in [1.29, 1.82) is 0 Å². The number of benzene rings is 1. The fraction of sp³-hybridized carbons (Fsp3) is 0.400. The quantitative estimate of drug-likeness (QED) is 0.480. The van der Waals surface area contributed by atoms with Gasteiger partial charge in [0.1, 0.15) is 5.82 Å². The third kappa shape index (κ3) is 3.78. The van der Waals surface area contributed by atoms with Gasteiger partial charge in [-0.25, -0.2) is 0 Å². The van der Waals surface area contributed by atoms with Crippen LogP contribution in [0.1, 0.15) is 31.5 Å². The molecule has 1 aliphatic rings. The van der Waals surface area contributed by atoms with Crippen molar-refractivity contribution in [2.24, 2.45) is 7.05 Å². The van der Waals surface area contributed by atoms with Gasteiger partial charge in [0.15, 0.2) is 5.16 Å². The molecule has 0 spiro atoms. The first-order chi connectivity index (χ1) is 11.9. The Hall–Kier alpha value is -2.49. The molecular weight excluding hydrogens is 349 g/mol. The largest absolute Gasteiger partial charge is 0.325 e. The van der Waals surface area contributed by atoms with Crippen molar-refractivity contribution in [3.05, 3.63) is 40.0 Å². The van der Waals surface area contributed by atoms with Crippen LogP contribution < -0.4 is 5.32 Å². The van der Waals surface area contributed by atoms with E-state index in [0.717, 1.165) is 30.8 Å². The second-order valence-corrected chi connectivity index (χ2v) is 7.15. The maximum absolute atomic E-state index is 13.3. The summed E-state index contributed by atoms with van der Waals surface area (Å²) in [5.74, 6) is 0.0685. The number of amides is 1. The van der Waals surface area contributed by atoms with Gasteiger partial charge in [-0.05, 0) is 31.9 Å². The number of carbonyl (C=O) groups is 1. The lowest BCUT2D eigenvalue weighted by Gasteiger charge is -2.11. The zero-order valence-corrected chi connectivity index (χ0v) is 14.4. The van der Waals surface area contributed by atoms with Crippen molar-refractivity contribution in [2.75, 3.05) is 5.32 Å². The van der Waals surface area contributed by atoms with Crippen LogP contribution in [-0.4, -0.2) is 30.8 Å². The number of nitro benzene ring substituents is 1. The first-order valence-corrected chi connectivity index (χ1v) is 8.55. The monoisotopic (exact) mass is 365 g/mol. The van der Waals surface area contributed by atoms with Gasteiger partial charge in [0.25, 0.3) is 0 Å². The van der Waals surface area contributed by atoms with Gasteiger partial charge < -0.3 is 9.88 Å². The average Bonchev–Trinajstić information content (AvgIpc) is 3.34. The molecule has 1 atom stereocenters. The summed E-state index contributed by atoms with van der Waals surface area (Å²) in [6.07, 6.45) is 2.21. The Labute approximate surface area is 147 Å². The van der Waals surface area contributed by atoms with E-state index >= 15 is 0 Å². The smallest absolute Gasteiger partial charge is 0.306 e. The van der Waals surface area contributed by atoms with Gasteiger partial charge in [0.2, 0.25) is 11.7 Å². The Balaban J connectivity index is 1.67. The summed E-state index contributed by atoms with van der Waals surface area (Å²) < 4.78 is 15.2. The van der Waals surface area contributed by atoms with E-state index in [1.165, 1.54) is 17.8 Å². The molecule has 0 saturated heterocycles. The molecule has 25 heavy (non-hydrogen) atoms. The number of carbonyl (C=O) groups excluding carboxylic acids is 1. The second-order valence-electron chi connectivity index (χ2n) is 5.85. The highest BCUT2D eigenvalue weighted by Gasteiger charge is 2.30. The Morgan fingerprint density at radius 3 is 2.84 bits per heavy atom. The second kappa shape index (κ2) is 6.79. The van der Waals surface area contributed by atoms with Crippen molar-refractivity contribution in [2.45, 2.75) is 36.1 Å². The van der Waals surface area contributed by atoms with Crippen molar-refractivity contribution in [3.8, 4) is 0 Å². The molecule has 132 valence electrons. The Kier molecular flexibility index (Phi) is 4.71. The number of nitro groups is 1. The minimum atomic E-state index is -0.947. The molecule has 0 bridgehead atoms. The van der Waals surface area contributed by atoms with Crippen molar-refractivity contribution in [1.82, 2.24) is 14.8 Å². The number of rotatable bonds is 6. The summed E-state index contributed by atoms with van der Waals surface area (Å²) >= 11 is 1.25. The number of nitrogens with one attached hydrogen (secondary N) is 1. The topological polar surface area (TPSA) is 103 Å². The zero-order chi connectivity index (χ0) is 18.1. The standard InChI is InChI=1S/C15H16FN5O3S/c1-8(25-15-19-18-13(20(15)2)9-3-4-9)14(22)17-10-5-6-11(16)12(7-10)21(23)24/h5-9H,3-4H2,1-2H3,(H,17,22)/t8-/m1/s1. The number of hydrogen-bond acceptors (Lipinski definition) is 6. The van der Waals surface area contributed by atoms with E-state index in [-0.39, 0.29) is 11.6 Å². The van der Waals surface area contributed by atoms with E-state index in [1.807, 2.05) is 11.6 Å². The van der Waals surface area contributed by atoms with E-state index < -0.39 is 21.7 Å². The van der Waals surface area contributed by atoms with Crippen LogP contribution in [0.4, 0.5) is 15.8 Å². The fourth-order valence-corrected chi connectivity index (χ4v) is 3.13. The molecule has 0 aliphatic heterocycles. The van der Waals surface area contributed by atoms with Crippen LogP contribution >= 0.6 is 11.8 Å². The Bertz CT molecular complexity index is 837. The fourth-order valence-electron chi connectivity index (χ4n) is 2.31. The summed E-state index contributed by atoms with van der Waals surface area (Å²) in [5, 5.41) is 21.7. The highest BCUT2D eigenvalue weighted by Crippen LogP contribution is 2.39. The highest BCUT2D eigenvalue weighted by molar-refractivity contribution is 8.00. The van der Waals surface area contributed by atoms with Crippen LogP contribution in [0.2, 0.25) is 0 Å². The van der Waals surface area contributed by atoms with Crippen LogP contribution in [-0.2, 0) is 11.8 Å². The predicted octanol–water partition coefficient (Wildman–Crippen LogP) is 2.86. The lowest BCUT2D eigenvalue weighted by Crippen LogP contribution is -2.23. The molecule has 0 radical (unpaired) electrons. The number of anilines is 1. The van der Waals surface area contributed by atoms with Crippen molar-refractivity contribution in [3.63, 3.8) is 0 Å². The molecule has 8 nitrogen and oxygen atoms in total. The summed E-state index contributed by atoms with van der Waals surface area (Å²) in [6, 6.07) is 3.24. The van der Waals surface area contributed by atoms with Gasteiger partial charge in [-0.15, -0.1) is 10.2 Å². The summed E-state index contributed by atoms with van der Waals surface area (Å²) in [7, 11) is 1.87. The molecule has 1 aliphatic carbocycles. The molecule has 1 aromatic carbocycles. The molecule has 3 rings (SSSR count). The maximum atomic E-state index is 13.3. The lowest BCUT2D eigenvalue weighted by molar-refractivity contribution is -0.387. The molecule has 1 amide bonds. The zero-order valence-electron chi connectivity index (χ0n) is 13.6. The molecule has 1 aromatic heterocycles. The summed E-state index contributed by atoms with van der Waals surface area (Å²) in [5.41, 5.74) is -0.511. The number of halogens is 1. The van der Waals surface area contributed by atoms with E-state index in [2.05, 4.69) is 15.5 Å². The Morgan fingerprint density at radius 2 is 2.20 bits per heavy atom. The van der Waals surface area contributed by atoms with Gasteiger partial charge in [-0.3, -0.25) is 14.9 Å². The van der Waals surface area contributed by atoms with Crippen molar-refractivity contribution >= 4 is 29.0 Å². The third-order valence-electron chi connectivity index (χ3n) is 3.87. The molecule has 1 fully saturated rings. The molecular formula is C15H16FN5O3S. The normalized spacial score (nSPS) is 15.0. The highest BCUT2D eigenvalue weighted by atomic mass is 32.2. The number of hydrogen-bond donors (Lipinski definition) is 1. The first kappa shape index (κ1) is 17.3. The average molecular weight is 365 g/mol. The van der Waals surface area contributed by atoms with Crippen LogP contribution in [0.3, 0.4) is 0 Å². The van der Waals surface area contributed by atoms with Gasteiger partial charge in [0.05, 0.1) is 10.2 Å². The van der Waals surface area contributed by atoms with E-state index in [0.29, 0.717) is 11.1 Å². The van der Waals surface area contributed by atoms with Gasteiger partial charge in [0, 0.05) is 24.7 Å². The molecule has 10 heteroatoms. The van der Waals surface area contributed by atoms with Crippen LogP contribution in [0.15, 0.2) is 23.4 Å². The van der Waals surface area contributed by atoms with E-state index in [1.54, 1.807) is 6.92 Å². The number of nitrogens with zero attached hydrogens (tertiary/aromatic N) is 4. The molecule has 1 N–H and O–H groups in total. The molecule has 1 saturated carbocycles. The summed E-state index contributed by atoms with van der Waals surface area (Å²) in [6.45, 7) is 1.70. The predicted molar refractivity (Wildman–Crippen MR) is 90.0 cm³/mol. The van der Waals surface area contributed by atoms with Gasteiger partial charge in [-0.2, -0.15) is 4.39 Å². The third-order valence-corrected chi connectivity index (χ3v) is 5.01. The molecule has 1 heterocycles. The SMILES string of the molecule is C[C@@H](Sc1nnc(C2CC2)n1C)C(=O)Nc1ccc(F)c([N+](=O)[O-])c1. The van der Waals surface area contributed by atoms with Crippen LogP contribution in [0, 0.1) is 15.9 Å². The van der Waals surface area contributed by atoms with Gasteiger partial charge in [-0.1, -0.05) is 11.8 Å². The van der Waals surface area contributed by atoms with Crippen molar-refractivity contribution < 1.29 is 14.1 Å². The lowest BCUT2D eigenvalue weighted by atomic mass is 10.2. The van der Waals surface area contributed by atoms with E-state index in [9.17, 15) is 19.3 Å². The summed E-state index contributed by atoms with van der Waals surface area (Å²) in [4.78, 5) is 22.2. The number of aromatic nitrogens is 3.